The van der Waals surface area contributed by atoms with Gasteiger partial charge in [0.1, 0.15) is 11.3 Å². The minimum atomic E-state index is -0.937. The number of nitrogens with two attached hydrogens (primary N) is 1. The molecule has 2 amide bonds. The van der Waals surface area contributed by atoms with Gasteiger partial charge in [0.15, 0.2) is 0 Å². The molecule has 1 fully saturated rings. The second-order valence-corrected chi connectivity index (χ2v) is 5.84. The second kappa shape index (κ2) is 5.31. The van der Waals surface area contributed by atoms with E-state index in [9.17, 15) is 9.59 Å². The van der Waals surface area contributed by atoms with Crippen LogP contribution in [0.3, 0.4) is 0 Å². The molecule has 1 aliphatic heterocycles. The average Bonchev–Trinajstić information content (AvgIpc) is 2.72. The number of amides is 2. The van der Waals surface area contributed by atoms with Crippen LogP contribution in [0.25, 0.3) is 0 Å². The summed E-state index contributed by atoms with van der Waals surface area (Å²) in [5.74, 6) is -0.156. The lowest BCUT2D eigenvalue weighted by molar-refractivity contribution is -0.142. The summed E-state index contributed by atoms with van der Waals surface area (Å²) in [5, 5.41) is 2.82. The summed E-state index contributed by atoms with van der Waals surface area (Å²) in [6.07, 6.45) is 5.19. The van der Waals surface area contributed by atoms with Gasteiger partial charge in [-0.2, -0.15) is 4.99 Å². The molecular weight excluding hydrogens is 266 g/mol. The van der Waals surface area contributed by atoms with E-state index in [0.29, 0.717) is 29.9 Å². The van der Waals surface area contributed by atoms with Gasteiger partial charge in [0, 0.05) is 11.3 Å². The zero-order valence-corrected chi connectivity index (χ0v) is 11.9. The summed E-state index contributed by atoms with van der Waals surface area (Å²) in [6.45, 7) is 0. The Balaban J connectivity index is 1.93. The highest BCUT2D eigenvalue weighted by Gasteiger charge is 2.48. The van der Waals surface area contributed by atoms with Gasteiger partial charge in [0.05, 0.1) is 0 Å². The summed E-state index contributed by atoms with van der Waals surface area (Å²) in [5.41, 5.74) is 6.04. The molecule has 2 aliphatic rings. The van der Waals surface area contributed by atoms with E-state index in [4.69, 9.17) is 5.73 Å². The molecule has 1 spiro atoms. The van der Waals surface area contributed by atoms with E-state index in [-0.39, 0.29) is 11.8 Å². The van der Waals surface area contributed by atoms with E-state index in [2.05, 4.69) is 10.3 Å². The van der Waals surface area contributed by atoms with Crippen molar-refractivity contribution >= 4 is 23.3 Å². The van der Waals surface area contributed by atoms with Crippen LogP contribution in [0.4, 0.5) is 5.69 Å². The Morgan fingerprint density at radius 3 is 2.19 bits per heavy atom. The molecule has 0 atom stereocenters. The van der Waals surface area contributed by atoms with Crippen LogP contribution in [0.2, 0.25) is 0 Å². The summed E-state index contributed by atoms with van der Waals surface area (Å²) in [6, 6.07) is 6.97. The molecule has 0 radical (unpaired) electrons. The monoisotopic (exact) mass is 285 g/mol. The molecule has 1 aromatic carbocycles. The number of carbonyl (C=O) groups excluding carboxylic acids is 2. The fourth-order valence-corrected chi connectivity index (χ4v) is 3.11. The van der Waals surface area contributed by atoms with Crippen molar-refractivity contribution in [3.05, 3.63) is 29.8 Å². The maximum Gasteiger partial charge on any atom is 0.263 e. The van der Waals surface area contributed by atoms with E-state index in [1.165, 1.54) is 0 Å². The lowest BCUT2D eigenvalue weighted by Crippen LogP contribution is -2.52. The Morgan fingerprint density at radius 1 is 1.00 bits per heavy atom. The molecule has 0 bridgehead atoms. The molecule has 1 saturated carbocycles. The van der Waals surface area contributed by atoms with Crippen molar-refractivity contribution in [1.82, 2.24) is 5.32 Å². The summed E-state index contributed by atoms with van der Waals surface area (Å²) >= 11 is 0. The molecule has 0 aromatic heterocycles. The van der Waals surface area contributed by atoms with Crippen molar-refractivity contribution in [3.63, 3.8) is 0 Å². The van der Waals surface area contributed by atoms with Gasteiger partial charge in [-0.15, -0.1) is 0 Å². The zero-order chi connectivity index (χ0) is 14.9. The quantitative estimate of drug-likeness (QED) is 0.611. The molecule has 5 heteroatoms. The van der Waals surface area contributed by atoms with Gasteiger partial charge in [0.25, 0.3) is 5.91 Å². The lowest BCUT2D eigenvalue weighted by Gasteiger charge is -2.31. The number of amidine groups is 1. The summed E-state index contributed by atoms with van der Waals surface area (Å²) < 4.78 is 0. The first-order valence-corrected chi connectivity index (χ1v) is 7.42. The van der Waals surface area contributed by atoms with Crippen LogP contribution >= 0.6 is 0 Å². The van der Waals surface area contributed by atoms with Gasteiger partial charge in [-0.25, -0.2) is 0 Å². The first kappa shape index (κ1) is 13.8. The van der Waals surface area contributed by atoms with Crippen LogP contribution in [0.1, 0.15) is 44.1 Å². The van der Waals surface area contributed by atoms with E-state index in [0.717, 1.165) is 25.7 Å². The number of rotatable bonds is 1. The third-order valence-corrected chi connectivity index (χ3v) is 4.43. The molecule has 0 unspecified atom stereocenters. The molecule has 5 nitrogen and oxygen atoms in total. The topological polar surface area (TPSA) is 84.5 Å². The van der Waals surface area contributed by atoms with E-state index < -0.39 is 5.41 Å². The average molecular weight is 285 g/mol. The highest BCUT2D eigenvalue weighted by Crippen LogP contribution is 2.38. The molecule has 110 valence electrons. The molecule has 0 saturated heterocycles. The number of nitrogens with zero attached hydrogens (tertiary/aromatic N) is 1. The van der Waals surface area contributed by atoms with Crippen molar-refractivity contribution in [3.8, 4) is 0 Å². The fraction of sp³-hybridized carbons (Fsp3) is 0.438. The second-order valence-electron chi connectivity index (χ2n) is 5.84. The number of hydrogen-bond acceptors (Lipinski definition) is 3. The van der Waals surface area contributed by atoms with E-state index in [1.54, 1.807) is 24.3 Å². The fourth-order valence-electron chi connectivity index (χ4n) is 3.11. The van der Waals surface area contributed by atoms with Gasteiger partial charge in [-0.3, -0.25) is 9.59 Å². The number of nitrogens with one attached hydrogen (secondary N) is 1. The van der Waals surface area contributed by atoms with Crippen LogP contribution in [-0.4, -0.2) is 17.6 Å². The van der Waals surface area contributed by atoms with Crippen LogP contribution < -0.4 is 11.1 Å². The number of anilines is 1. The Morgan fingerprint density at radius 2 is 1.62 bits per heavy atom. The van der Waals surface area contributed by atoms with Crippen molar-refractivity contribution in [1.29, 1.82) is 0 Å². The van der Waals surface area contributed by atoms with Crippen LogP contribution in [0.15, 0.2) is 29.3 Å². The largest absolute Gasteiger partial charge is 0.399 e. The minimum absolute atomic E-state index is 0.198. The molecule has 21 heavy (non-hydrogen) atoms. The predicted molar refractivity (Wildman–Crippen MR) is 80.7 cm³/mol. The lowest BCUT2D eigenvalue weighted by atomic mass is 9.77. The minimum Gasteiger partial charge on any atom is -0.399 e. The normalized spacial score (nSPS) is 21.6. The van der Waals surface area contributed by atoms with Crippen molar-refractivity contribution in [2.24, 2.45) is 10.4 Å². The Labute approximate surface area is 123 Å². The van der Waals surface area contributed by atoms with Crippen LogP contribution in [-0.2, 0) is 9.59 Å². The Bertz CT molecular complexity index is 596. The maximum absolute atomic E-state index is 12.5. The first-order chi connectivity index (χ1) is 10.1. The predicted octanol–water partition coefficient (Wildman–Crippen LogP) is 2.01. The van der Waals surface area contributed by atoms with Crippen molar-refractivity contribution in [2.75, 3.05) is 5.73 Å². The number of carbonyl (C=O) groups is 2. The van der Waals surface area contributed by atoms with Crippen LogP contribution in [0.5, 0.6) is 0 Å². The number of aliphatic imine (C=N–C) groups is 1. The van der Waals surface area contributed by atoms with Crippen molar-refractivity contribution < 1.29 is 9.59 Å². The van der Waals surface area contributed by atoms with Gasteiger partial charge in [0.2, 0.25) is 5.91 Å². The van der Waals surface area contributed by atoms with Gasteiger partial charge in [-0.05, 0) is 37.1 Å². The third-order valence-electron chi connectivity index (χ3n) is 4.43. The Kier molecular flexibility index (Phi) is 3.49. The molecule has 3 rings (SSSR count). The smallest absolute Gasteiger partial charge is 0.263 e. The summed E-state index contributed by atoms with van der Waals surface area (Å²) in [4.78, 5) is 29.2. The Hall–Kier alpha value is -2.17. The zero-order valence-electron chi connectivity index (χ0n) is 11.9. The third kappa shape index (κ3) is 2.44. The highest BCUT2D eigenvalue weighted by atomic mass is 16.2. The maximum atomic E-state index is 12.5. The molecular formula is C16H19N3O2. The van der Waals surface area contributed by atoms with E-state index in [1.807, 2.05) is 0 Å². The van der Waals surface area contributed by atoms with E-state index >= 15 is 0 Å². The van der Waals surface area contributed by atoms with Crippen LogP contribution in [0, 0.1) is 5.41 Å². The first-order valence-electron chi connectivity index (χ1n) is 7.42. The highest BCUT2D eigenvalue weighted by molar-refractivity contribution is 6.23. The summed E-state index contributed by atoms with van der Waals surface area (Å²) in [7, 11) is 0. The number of hydrogen-bond donors (Lipinski definition) is 2. The number of benzene rings is 1. The van der Waals surface area contributed by atoms with Crippen molar-refractivity contribution in [2.45, 2.75) is 38.5 Å². The number of nitrogen functional groups attached to an aromatic ring is 1. The molecule has 1 aromatic rings. The van der Waals surface area contributed by atoms with Gasteiger partial charge in [-0.1, -0.05) is 25.7 Å². The molecule has 1 heterocycles. The van der Waals surface area contributed by atoms with Gasteiger partial charge >= 0.3 is 0 Å². The standard InChI is InChI=1S/C16H19N3O2/c17-12-7-5-11(6-8-12)13-18-14(20)16(15(21)19-13)9-3-1-2-4-10-16/h5-8H,1-4,9-10,17H2,(H,18,19,20,21). The molecule has 3 N–H and O–H groups in total. The molecule has 1 aliphatic carbocycles. The SMILES string of the molecule is Nc1ccc(C2=NC(=O)C3(CCCCCC3)C(=O)N2)cc1. The van der Waals surface area contributed by atoms with Gasteiger partial charge < -0.3 is 11.1 Å².